The first-order chi connectivity index (χ1) is 8.42. The Hall–Kier alpha value is -0.770. The van der Waals surface area contributed by atoms with E-state index in [4.69, 9.17) is 9.84 Å². The third-order valence-corrected chi connectivity index (χ3v) is 3.22. The summed E-state index contributed by atoms with van der Waals surface area (Å²) in [6, 6.07) is 0. The Morgan fingerprint density at radius 3 is 2.39 bits per heavy atom. The Morgan fingerprint density at radius 1 is 1.28 bits per heavy atom. The Morgan fingerprint density at radius 2 is 1.89 bits per heavy atom. The predicted octanol–water partition coefficient (Wildman–Crippen LogP) is 2.80. The van der Waals surface area contributed by atoms with Gasteiger partial charge in [0.2, 0.25) is 0 Å². The molecule has 4 nitrogen and oxygen atoms in total. The number of hydrogen-bond acceptors (Lipinski definition) is 3. The maximum absolute atomic E-state index is 12.0. The van der Waals surface area contributed by atoms with Crippen molar-refractivity contribution < 1.29 is 14.6 Å². The van der Waals surface area contributed by atoms with Crippen molar-refractivity contribution in [1.29, 1.82) is 0 Å². The second-order valence-electron chi connectivity index (χ2n) is 6.15. The van der Waals surface area contributed by atoms with Crippen LogP contribution >= 0.6 is 0 Å². The number of hydrogen-bond donors (Lipinski definition) is 1. The van der Waals surface area contributed by atoms with Gasteiger partial charge in [0.05, 0.1) is 6.61 Å². The van der Waals surface area contributed by atoms with Crippen LogP contribution in [0.3, 0.4) is 0 Å². The van der Waals surface area contributed by atoms with E-state index in [1.807, 2.05) is 20.8 Å². The van der Waals surface area contributed by atoms with Crippen LogP contribution < -0.4 is 0 Å². The van der Waals surface area contributed by atoms with Crippen LogP contribution in [0.4, 0.5) is 4.79 Å². The number of rotatable bonds is 4. The van der Waals surface area contributed by atoms with Gasteiger partial charge in [-0.2, -0.15) is 0 Å². The highest BCUT2D eigenvalue weighted by Gasteiger charge is 2.25. The zero-order valence-electron chi connectivity index (χ0n) is 11.9. The van der Waals surface area contributed by atoms with Gasteiger partial charge in [-0.3, -0.25) is 0 Å². The first-order valence-electron chi connectivity index (χ1n) is 7.01. The first-order valence-corrected chi connectivity index (χ1v) is 7.01. The lowest BCUT2D eigenvalue weighted by Gasteiger charge is -2.31. The van der Waals surface area contributed by atoms with E-state index in [0.29, 0.717) is 12.5 Å². The molecule has 106 valence electrons. The maximum atomic E-state index is 12.0. The van der Waals surface area contributed by atoms with Crippen LogP contribution in [0.25, 0.3) is 0 Å². The van der Waals surface area contributed by atoms with E-state index < -0.39 is 5.60 Å². The second-order valence-corrected chi connectivity index (χ2v) is 6.15. The molecule has 0 aromatic carbocycles. The van der Waals surface area contributed by atoms with Gasteiger partial charge in [0, 0.05) is 13.1 Å². The third kappa shape index (κ3) is 5.71. The highest BCUT2D eigenvalue weighted by atomic mass is 16.6. The largest absolute Gasteiger partial charge is 0.444 e. The van der Waals surface area contributed by atoms with Crippen LogP contribution in [0.2, 0.25) is 0 Å². The van der Waals surface area contributed by atoms with Gasteiger partial charge < -0.3 is 14.7 Å². The molecule has 0 heterocycles. The van der Waals surface area contributed by atoms with E-state index in [0.717, 1.165) is 6.54 Å². The Kier molecular flexibility index (Phi) is 5.93. The quantitative estimate of drug-likeness (QED) is 0.842. The van der Waals surface area contributed by atoms with Gasteiger partial charge in [0.15, 0.2) is 0 Å². The van der Waals surface area contributed by atoms with Crippen LogP contribution in [0.1, 0.15) is 52.9 Å². The molecule has 0 saturated heterocycles. The topological polar surface area (TPSA) is 49.8 Å². The zero-order valence-corrected chi connectivity index (χ0v) is 11.9. The molecule has 0 bridgehead atoms. The number of amides is 1. The van der Waals surface area contributed by atoms with Crippen molar-refractivity contribution in [2.45, 2.75) is 58.5 Å². The average molecular weight is 257 g/mol. The first kappa shape index (κ1) is 15.3. The second kappa shape index (κ2) is 6.98. The number of carbonyl (C=O) groups is 1. The summed E-state index contributed by atoms with van der Waals surface area (Å²) in [5.41, 5.74) is -0.475. The SMILES string of the molecule is CC(C)(C)OC(=O)N(CCO)CC1CCCCC1. The van der Waals surface area contributed by atoms with Crippen LogP contribution in [0, 0.1) is 5.92 Å². The summed E-state index contributed by atoms with van der Waals surface area (Å²) < 4.78 is 5.37. The molecule has 1 N–H and O–H groups in total. The van der Waals surface area contributed by atoms with Gasteiger partial charge in [-0.1, -0.05) is 19.3 Å². The number of aliphatic hydroxyl groups is 1. The van der Waals surface area contributed by atoms with Crippen molar-refractivity contribution >= 4 is 6.09 Å². The summed E-state index contributed by atoms with van der Waals surface area (Å²) in [5.74, 6) is 0.567. The lowest BCUT2D eigenvalue weighted by molar-refractivity contribution is 0.0175. The molecule has 0 atom stereocenters. The van der Waals surface area contributed by atoms with Crippen molar-refractivity contribution in [1.82, 2.24) is 4.90 Å². The number of ether oxygens (including phenoxy) is 1. The van der Waals surface area contributed by atoms with Crippen LogP contribution in [0.5, 0.6) is 0 Å². The molecule has 1 aliphatic rings. The normalized spacial score (nSPS) is 17.6. The molecule has 1 rings (SSSR count). The molecular formula is C14H27NO3. The summed E-state index contributed by atoms with van der Waals surface area (Å²) in [4.78, 5) is 13.7. The fourth-order valence-electron chi connectivity index (χ4n) is 2.39. The van der Waals surface area contributed by atoms with E-state index in [-0.39, 0.29) is 12.7 Å². The van der Waals surface area contributed by atoms with Crippen molar-refractivity contribution in [3.8, 4) is 0 Å². The molecule has 1 fully saturated rings. The minimum atomic E-state index is -0.475. The number of carbonyl (C=O) groups excluding carboxylic acids is 1. The van der Waals surface area contributed by atoms with Gasteiger partial charge in [0.1, 0.15) is 5.60 Å². The van der Waals surface area contributed by atoms with Gasteiger partial charge >= 0.3 is 6.09 Å². The van der Waals surface area contributed by atoms with Crippen LogP contribution in [-0.2, 0) is 4.74 Å². The van der Waals surface area contributed by atoms with Gasteiger partial charge in [0.25, 0.3) is 0 Å². The van der Waals surface area contributed by atoms with Gasteiger partial charge in [-0.05, 0) is 39.5 Å². The number of aliphatic hydroxyl groups excluding tert-OH is 1. The molecule has 1 aliphatic carbocycles. The van der Waals surface area contributed by atoms with E-state index in [2.05, 4.69) is 0 Å². The summed E-state index contributed by atoms with van der Waals surface area (Å²) in [7, 11) is 0. The molecule has 0 aliphatic heterocycles. The van der Waals surface area contributed by atoms with E-state index in [1.165, 1.54) is 32.1 Å². The maximum Gasteiger partial charge on any atom is 0.410 e. The fourth-order valence-corrected chi connectivity index (χ4v) is 2.39. The van der Waals surface area contributed by atoms with Crippen LogP contribution in [-0.4, -0.2) is 41.4 Å². The Balaban J connectivity index is 2.49. The monoisotopic (exact) mass is 257 g/mol. The minimum absolute atomic E-state index is 0.00797. The molecule has 1 amide bonds. The average Bonchev–Trinajstić information content (AvgIpc) is 2.27. The lowest BCUT2D eigenvalue weighted by atomic mass is 9.89. The molecule has 0 radical (unpaired) electrons. The Labute approximate surface area is 110 Å². The highest BCUT2D eigenvalue weighted by Crippen LogP contribution is 2.24. The molecule has 4 heteroatoms. The standard InChI is InChI=1S/C14H27NO3/c1-14(2,3)18-13(17)15(9-10-16)11-12-7-5-4-6-8-12/h12,16H,4-11H2,1-3H3. The number of nitrogens with zero attached hydrogens (tertiary/aromatic N) is 1. The van der Waals surface area contributed by atoms with Gasteiger partial charge in [-0.15, -0.1) is 0 Å². The lowest BCUT2D eigenvalue weighted by Crippen LogP contribution is -2.41. The summed E-state index contributed by atoms with van der Waals surface area (Å²) >= 11 is 0. The molecule has 0 spiro atoms. The third-order valence-electron chi connectivity index (χ3n) is 3.22. The predicted molar refractivity (Wildman–Crippen MR) is 71.5 cm³/mol. The summed E-state index contributed by atoms with van der Waals surface area (Å²) in [6.07, 6.45) is 5.89. The zero-order chi connectivity index (χ0) is 13.6. The molecule has 0 aromatic rings. The fraction of sp³-hybridized carbons (Fsp3) is 0.929. The Bertz CT molecular complexity index is 254. The van der Waals surface area contributed by atoms with Crippen molar-refractivity contribution in [3.05, 3.63) is 0 Å². The smallest absolute Gasteiger partial charge is 0.410 e. The van der Waals surface area contributed by atoms with Crippen molar-refractivity contribution in [3.63, 3.8) is 0 Å². The molecule has 0 aromatic heterocycles. The summed E-state index contributed by atoms with van der Waals surface area (Å²) in [5, 5.41) is 9.06. The molecule has 1 saturated carbocycles. The van der Waals surface area contributed by atoms with Crippen LogP contribution in [0.15, 0.2) is 0 Å². The van der Waals surface area contributed by atoms with E-state index >= 15 is 0 Å². The molecule has 0 unspecified atom stereocenters. The van der Waals surface area contributed by atoms with Crippen molar-refractivity contribution in [2.75, 3.05) is 19.7 Å². The minimum Gasteiger partial charge on any atom is -0.444 e. The summed E-state index contributed by atoms with van der Waals surface area (Å²) in [6.45, 7) is 6.67. The highest BCUT2D eigenvalue weighted by molar-refractivity contribution is 5.68. The van der Waals surface area contributed by atoms with Crippen molar-refractivity contribution in [2.24, 2.45) is 5.92 Å². The van der Waals surface area contributed by atoms with Gasteiger partial charge in [-0.25, -0.2) is 4.79 Å². The van der Waals surface area contributed by atoms with E-state index in [9.17, 15) is 4.79 Å². The molecule has 18 heavy (non-hydrogen) atoms. The van der Waals surface area contributed by atoms with E-state index in [1.54, 1.807) is 4.90 Å². The molecular weight excluding hydrogens is 230 g/mol.